The number of anilines is 1. The molecule has 0 saturated heterocycles. The molecular weight excluding hydrogens is 216 g/mol. The summed E-state index contributed by atoms with van der Waals surface area (Å²) >= 11 is 1.69. The molecule has 1 aromatic heterocycles. The molecule has 0 saturated carbocycles. The van der Waals surface area contributed by atoms with Crippen LogP contribution in [0, 0.1) is 13.8 Å². The molecule has 1 unspecified atom stereocenters. The van der Waals surface area contributed by atoms with Gasteiger partial charge in [-0.25, -0.2) is 0 Å². The topological polar surface area (TPSA) is 24.9 Å². The average Bonchev–Trinajstić information content (AvgIpc) is 2.75. The van der Waals surface area contributed by atoms with Gasteiger partial charge < -0.3 is 5.32 Å². The van der Waals surface area contributed by atoms with Crippen molar-refractivity contribution in [2.24, 2.45) is 0 Å². The predicted octanol–water partition coefficient (Wildman–Crippen LogP) is 3.93. The Labute approximate surface area is 100 Å². The van der Waals surface area contributed by atoms with Gasteiger partial charge in [0.15, 0.2) is 0 Å². The summed E-state index contributed by atoms with van der Waals surface area (Å²) in [5, 5.41) is 3.51. The van der Waals surface area contributed by atoms with Crippen molar-refractivity contribution in [3.63, 3.8) is 0 Å². The van der Waals surface area contributed by atoms with Gasteiger partial charge in [0.05, 0.1) is 11.6 Å². The summed E-state index contributed by atoms with van der Waals surface area (Å²) in [5.41, 5.74) is 5.66. The van der Waals surface area contributed by atoms with Gasteiger partial charge in [0.1, 0.15) is 0 Å². The molecule has 84 valence electrons. The molecule has 3 heteroatoms. The van der Waals surface area contributed by atoms with Crippen LogP contribution < -0.4 is 5.32 Å². The molecule has 2 aromatic rings. The van der Waals surface area contributed by atoms with Crippen molar-refractivity contribution in [3.8, 4) is 0 Å². The minimum Gasteiger partial charge on any atom is -0.377 e. The lowest BCUT2D eigenvalue weighted by Gasteiger charge is -2.15. The summed E-state index contributed by atoms with van der Waals surface area (Å²) in [6.45, 7) is 6.41. The van der Waals surface area contributed by atoms with E-state index in [4.69, 9.17) is 0 Å². The maximum absolute atomic E-state index is 4.10. The maximum atomic E-state index is 4.10. The molecule has 0 fully saturated rings. The molecule has 1 atom stereocenters. The highest BCUT2D eigenvalue weighted by molar-refractivity contribution is 7.09. The second-order valence-electron chi connectivity index (χ2n) is 4.09. The second-order valence-corrected chi connectivity index (χ2v) is 5.01. The van der Waals surface area contributed by atoms with E-state index >= 15 is 0 Å². The van der Waals surface area contributed by atoms with Crippen LogP contribution in [0.4, 0.5) is 5.69 Å². The third kappa shape index (κ3) is 2.42. The Bertz CT molecular complexity index is 463. The SMILES string of the molecule is Cc1ccc(NC(C)c2cncs2)c(C)c1. The van der Waals surface area contributed by atoms with Crippen LogP contribution in [0.3, 0.4) is 0 Å². The smallest absolute Gasteiger partial charge is 0.0795 e. The standard InChI is InChI=1S/C13H16N2S/c1-9-4-5-12(10(2)6-9)15-11(3)13-7-14-8-16-13/h4-8,11,15H,1-3H3. The van der Waals surface area contributed by atoms with E-state index in [0.29, 0.717) is 6.04 Å². The van der Waals surface area contributed by atoms with Crippen molar-refractivity contribution in [2.75, 3.05) is 5.32 Å². The highest BCUT2D eigenvalue weighted by atomic mass is 32.1. The second kappa shape index (κ2) is 4.66. The Hall–Kier alpha value is -1.35. The van der Waals surface area contributed by atoms with Gasteiger partial charge in [-0.2, -0.15) is 0 Å². The molecule has 1 heterocycles. The Balaban J connectivity index is 2.15. The molecule has 0 spiro atoms. The van der Waals surface area contributed by atoms with Crippen LogP contribution in [-0.2, 0) is 0 Å². The summed E-state index contributed by atoms with van der Waals surface area (Å²) < 4.78 is 0. The first-order valence-electron chi connectivity index (χ1n) is 5.39. The lowest BCUT2D eigenvalue weighted by atomic mass is 10.1. The van der Waals surface area contributed by atoms with Gasteiger partial charge in [-0.05, 0) is 32.4 Å². The number of rotatable bonds is 3. The van der Waals surface area contributed by atoms with Crippen molar-refractivity contribution in [2.45, 2.75) is 26.8 Å². The zero-order chi connectivity index (χ0) is 11.5. The molecule has 0 aliphatic rings. The van der Waals surface area contributed by atoms with Crippen LogP contribution in [0.1, 0.15) is 29.0 Å². The van der Waals surface area contributed by atoms with Crippen LogP contribution in [-0.4, -0.2) is 4.98 Å². The number of hydrogen-bond donors (Lipinski definition) is 1. The van der Waals surface area contributed by atoms with E-state index in [0.717, 1.165) is 0 Å². The third-order valence-corrected chi connectivity index (χ3v) is 3.59. The van der Waals surface area contributed by atoms with Crippen molar-refractivity contribution >= 4 is 17.0 Å². The van der Waals surface area contributed by atoms with Crippen molar-refractivity contribution in [1.29, 1.82) is 0 Å². The minimum atomic E-state index is 0.314. The summed E-state index contributed by atoms with van der Waals surface area (Å²) in [6.07, 6.45) is 1.92. The molecule has 1 aromatic carbocycles. The summed E-state index contributed by atoms with van der Waals surface area (Å²) in [5.74, 6) is 0. The Kier molecular flexibility index (Phi) is 3.25. The largest absolute Gasteiger partial charge is 0.377 e. The molecule has 0 aliphatic carbocycles. The van der Waals surface area contributed by atoms with Crippen LogP contribution in [0.5, 0.6) is 0 Å². The van der Waals surface area contributed by atoms with Gasteiger partial charge in [0, 0.05) is 16.8 Å². The van der Waals surface area contributed by atoms with Gasteiger partial charge in [-0.15, -0.1) is 11.3 Å². The highest BCUT2D eigenvalue weighted by Gasteiger charge is 2.07. The van der Waals surface area contributed by atoms with E-state index in [1.165, 1.54) is 21.7 Å². The first-order chi connectivity index (χ1) is 7.66. The van der Waals surface area contributed by atoms with E-state index in [1.807, 2.05) is 11.7 Å². The van der Waals surface area contributed by atoms with Gasteiger partial charge >= 0.3 is 0 Å². The first-order valence-corrected chi connectivity index (χ1v) is 6.27. The number of aromatic nitrogens is 1. The molecular formula is C13H16N2S. The number of thiazole rings is 1. The van der Waals surface area contributed by atoms with Crippen LogP contribution in [0.15, 0.2) is 29.9 Å². The van der Waals surface area contributed by atoms with Crippen LogP contribution in [0.25, 0.3) is 0 Å². The van der Waals surface area contributed by atoms with Crippen molar-refractivity contribution in [1.82, 2.24) is 4.98 Å². The quantitative estimate of drug-likeness (QED) is 0.867. The maximum Gasteiger partial charge on any atom is 0.0795 e. The molecule has 0 aliphatic heterocycles. The Morgan fingerprint density at radius 3 is 2.75 bits per heavy atom. The number of nitrogens with one attached hydrogen (secondary N) is 1. The molecule has 0 amide bonds. The lowest BCUT2D eigenvalue weighted by Crippen LogP contribution is -2.06. The minimum absolute atomic E-state index is 0.314. The van der Waals surface area contributed by atoms with Gasteiger partial charge in [0.25, 0.3) is 0 Å². The average molecular weight is 232 g/mol. The first kappa shape index (κ1) is 11.1. The fraction of sp³-hybridized carbons (Fsp3) is 0.308. The van der Waals surface area contributed by atoms with Gasteiger partial charge in [-0.1, -0.05) is 17.7 Å². The van der Waals surface area contributed by atoms with E-state index in [9.17, 15) is 0 Å². The zero-order valence-corrected chi connectivity index (χ0v) is 10.6. The predicted molar refractivity (Wildman–Crippen MR) is 70.1 cm³/mol. The number of hydrogen-bond acceptors (Lipinski definition) is 3. The summed E-state index contributed by atoms with van der Waals surface area (Å²) in [6, 6.07) is 6.78. The van der Waals surface area contributed by atoms with Crippen LogP contribution in [0.2, 0.25) is 0 Å². The lowest BCUT2D eigenvalue weighted by molar-refractivity contribution is 0.901. The zero-order valence-electron chi connectivity index (χ0n) is 9.82. The fourth-order valence-electron chi connectivity index (χ4n) is 1.72. The summed E-state index contributed by atoms with van der Waals surface area (Å²) in [4.78, 5) is 5.36. The fourth-order valence-corrected chi connectivity index (χ4v) is 2.35. The van der Waals surface area contributed by atoms with Crippen LogP contribution >= 0.6 is 11.3 Å². The highest BCUT2D eigenvalue weighted by Crippen LogP contribution is 2.24. The van der Waals surface area contributed by atoms with E-state index in [1.54, 1.807) is 11.3 Å². The normalized spacial score (nSPS) is 12.4. The number of nitrogens with zero attached hydrogens (tertiary/aromatic N) is 1. The molecule has 2 rings (SSSR count). The van der Waals surface area contributed by atoms with Crippen molar-refractivity contribution in [3.05, 3.63) is 45.9 Å². The van der Waals surface area contributed by atoms with Gasteiger partial charge in [0.2, 0.25) is 0 Å². The number of benzene rings is 1. The van der Waals surface area contributed by atoms with Crippen molar-refractivity contribution < 1.29 is 0 Å². The monoisotopic (exact) mass is 232 g/mol. The Morgan fingerprint density at radius 2 is 2.12 bits per heavy atom. The number of aryl methyl sites for hydroxylation is 2. The van der Waals surface area contributed by atoms with E-state index in [-0.39, 0.29) is 0 Å². The molecule has 0 bridgehead atoms. The van der Waals surface area contributed by atoms with E-state index in [2.05, 4.69) is 49.3 Å². The molecule has 0 radical (unpaired) electrons. The van der Waals surface area contributed by atoms with E-state index < -0.39 is 0 Å². The summed E-state index contributed by atoms with van der Waals surface area (Å²) in [7, 11) is 0. The Morgan fingerprint density at radius 1 is 1.31 bits per heavy atom. The molecule has 2 nitrogen and oxygen atoms in total. The molecule has 1 N–H and O–H groups in total. The molecule has 16 heavy (non-hydrogen) atoms. The third-order valence-electron chi connectivity index (χ3n) is 2.63. The van der Waals surface area contributed by atoms with Gasteiger partial charge in [-0.3, -0.25) is 4.98 Å².